The van der Waals surface area contributed by atoms with E-state index in [0.29, 0.717) is 18.1 Å². The zero-order valence-electron chi connectivity index (χ0n) is 11.8. The minimum absolute atomic E-state index is 0.674. The smallest absolute Gasteiger partial charge is 0.0509 e. The summed E-state index contributed by atoms with van der Waals surface area (Å²) < 4.78 is 5.53. The summed E-state index contributed by atoms with van der Waals surface area (Å²) in [5.41, 5.74) is 0. The monoisotopic (exact) mass is 240 g/mol. The minimum Gasteiger partial charge on any atom is -0.381 e. The lowest BCUT2D eigenvalue weighted by molar-refractivity contribution is 0.0290. The lowest BCUT2D eigenvalue weighted by Crippen LogP contribution is -2.56. The number of ether oxygens (including phenoxy) is 1. The second-order valence-corrected chi connectivity index (χ2v) is 5.89. The van der Waals surface area contributed by atoms with Crippen LogP contribution in [0.3, 0.4) is 0 Å². The minimum atomic E-state index is 0.674. The maximum absolute atomic E-state index is 5.53. The van der Waals surface area contributed by atoms with Gasteiger partial charge in [0.15, 0.2) is 0 Å². The second-order valence-electron chi connectivity index (χ2n) is 5.89. The fourth-order valence-electron chi connectivity index (χ4n) is 3.58. The molecule has 3 heteroatoms. The first kappa shape index (κ1) is 13.3. The van der Waals surface area contributed by atoms with Crippen molar-refractivity contribution in [2.75, 3.05) is 26.8 Å². The van der Waals surface area contributed by atoms with Crippen LogP contribution in [0.15, 0.2) is 0 Å². The number of hydrogen-bond donors (Lipinski definition) is 1. The van der Waals surface area contributed by atoms with Crippen molar-refractivity contribution in [2.45, 2.75) is 51.7 Å². The molecular weight excluding hydrogens is 212 g/mol. The van der Waals surface area contributed by atoms with Crippen molar-refractivity contribution < 1.29 is 4.74 Å². The molecule has 2 heterocycles. The number of rotatable bonds is 3. The predicted molar refractivity (Wildman–Crippen MR) is 71.2 cm³/mol. The molecule has 0 spiro atoms. The third-order valence-electron chi connectivity index (χ3n) is 5.16. The van der Waals surface area contributed by atoms with Gasteiger partial charge in [-0.05, 0) is 45.6 Å². The molecule has 0 aromatic rings. The van der Waals surface area contributed by atoms with Crippen LogP contribution < -0.4 is 5.32 Å². The van der Waals surface area contributed by atoms with Crippen LogP contribution in [0, 0.1) is 11.8 Å². The Hall–Kier alpha value is -0.120. The molecule has 2 aliphatic heterocycles. The Balaban J connectivity index is 1.96. The van der Waals surface area contributed by atoms with Crippen LogP contribution >= 0.6 is 0 Å². The van der Waals surface area contributed by atoms with Gasteiger partial charge in [-0.1, -0.05) is 6.92 Å². The molecule has 0 aromatic heterocycles. The molecule has 0 saturated carbocycles. The number of nitrogens with zero attached hydrogens (tertiary/aromatic N) is 1. The number of piperidine rings is 1. The van der Waals surface area contributed by atoms with Crippen LogP contribution in [-0.4, -0.2) is 49.8 Å². The summed E-state index contributed by atoms with van der Waals surface area (Å²) in [5, 5.41) is 3.46. The molecule has 2 aliphatic rings. The van der Waals surface area contributed by atoms with Crippen LogP contribution in [0.1, 0.15) is 33.6 Å². The van der Waals surface area contributed by atoms with Gasteiger partial charge in [-0.2, -0.15) is 0 Å². The Morgan fingerprint density at radius 1 is 1.29 bits per heavy atom. The number of likely N-dealkylation sites (tertiary alicyclic amines) is 1. The van der Waals surface area contributed by atoms with E-state index in [2.05, 4.69) is 38.0 Å². The summed E-state index contributed by atoms with van der Waals surface area (Å²) in [6, 6.07) is 2.04. The lowest BCUT2D eigenvalue weighted by atomic mass is 9.84. The van der Waals surface area contributed by atoms with Gasteiger partial charge in [-0.25, -0.2) is 0 Å². The van der Waals surface area contributed by atoms with Crippen molar-refractivity contribution in [3.8, 4) is 0 Å². The Morgan fingerprint density at radius 2 is 2.06 bits per heavy atom. The molecule has 5 atom stereocenters. The van der Waals surface area contributed by atoms with Gasteiger partial charge in [0.2, 0.25) is 0 Å². The predicted octanol–water partition coefficient (Wildman–Crippen LogP) is 1.73. The van der Waals surface area contributed by atoms with Gasteiger partial charge in [-0.3, -0.25) is 4.90 Å². The molecule has 1 N–H and O–H groups in total. The average molecular weight is 240 g/mol. The van der Waals surface area contributed by atoms with Gasteiger partial charge < -0.3 is 10.1 Å². The van der Waals surface area contributed by atoms with E-state index in [0.717, 1.165) is 25.0 Å². The largest absolute Gasteiger partial charge is 0.381 e. The van der Waals surface area contributed by atoms with Crippen molar-refractivity contribution in [3.63, 3.8) is 0 Å². The summed E-state index contributed by atoms with van der Waals surface area (Å²) in [6.07, 6.45) is 2.52. The maximum atomic E-state index is 5.53. The van der Waals surface area contributed by atoms with Crippen molar-refractivity contribution in [1.82, 2.24) is 10.2 Å². The van der Waals surface area contributed by atoms with Crippen molar-refractivity contribution in [2.24, 2.45) is 11.8 Å². The first-order valence-corrected chi connectivity index (χ1v) is 7.16. The maximum Gasteiger partial charge on any atom is 0.0509 e. The first-order chi connectivity index (χ1) is 8.15. The van der Waals surface area contributed by atoms with E-state index in [4.69, 9.17) is 4.74 Å². The van der Waals surface area contributed by atoms with E-state index in [1.165, 1.54) is 19.4 Å². The van der Waals surface area contributed by atoms with Gasteiger partial charge in [0.05, 0.1) is 6.61 Å². The van der Waals surface area contributed by atoms with E-state index in [1.54, 1.807) is 0 Å². The van der Waals surface area contributed by atoms with Crippen LogP contribution in [0.25, 0.3) is 0 Å². The Morgan fingerprint density at radius 3 is 2.65 bits per heavy atom. The lowest BCUT2D eigenvalue weighted by Gasteiger charge is -2.46. The standard InChI is InChI=1S/C14H28N2O/c1-10-11(2)16(7-5-14(10)15-4)12(3)13-6-8-17-9-13/h10-15H,5-9H2,1-4H3. The van der Waals surface area contributed by atoms with E-state index in [1.807, 2.05) is 0 Å². The highest BCUT2D eigenvalue weighted by Gasteiger charge is 2.36. The average Bonchev–Trinajstić information content (AvgIpc) is 2.85. The van der Waals surface area contributed by atoms with Gasteiger partial charge >= 0.3 is 0 Å². The fourth-order valence-corrected chi connectivity index (χ4v) is 3.58. The molecule has 0 aromatic carbocycles. The van der Waals surface area contributed by atoms with Gasteiger partial charge in [0, 0.05) is 31.3 Å². The summed E-state index contributed by atoms with van der Waals surface area (Å²) >= 11 is 0. The zero-order valence-corrected chi connectivity index (χ0v) is 11.8. The van der Waals surface area contributed by atoms with E-state index < -0.39 is 0 Å². The molecule has 2 fully saturated rings. The molecular formula is C14H28N2O. The summed E-state index contributed by atoms with van der Waals surface area (Å²) in [5.74, 6) is 1.48. The van der Waals surface area contributed by atoms with Crippen LogP contribution in [-0.2, 0) is 4.74 Å². The number of hydrogen-bond acceptors (Lipinski definition) is 3. The first-order valence-electron chi connectivity index (χ1n) is 7.16. The molecule has 0 amide bonds. The van der Waals surface area contributed by atoms with Crippen molar-refractivity contribution >= 4 is 0 Å². The van der Waals surface area contributed by atoms with Gasteiger partial charge in [-0.15, -0.1) is 0 Å². The molecule has 2 rings (SSSR count). The van der Waals surface area contributed by atoms with Crippen molar-refractivity contribution in [1.29, 1.82) is 0 Å². The van der Waals surface area contributed by atoms with E-state index >= 15 is 0 Å². The van der Waals surface area contributed by atoms with Crippen LogP contribution in [0.4, 0.5) is 0 Å². The molecule has 17 heavy (non-hydrogen) atoms. The summed E-state index contributed by atoms with van der Waals surface area (Å²) in [4.78, 5) is 2.71. The SMILES string of the molecule is CNC1CCN(C(C)C2CCOC2)C(C)C1C. The molecule has 3 nitrogen and oxygen atoms in total. The van der Waals surface area contributed by atoms with E-state index in [-0.39, 0.29) is 0 Å². The van der Waals surface area contributed by atoms with E-state index in [9.17, 15) is 0 Å². The normalized spacial score (nSPS) is 41.6. The highest BCUT2D eigenvalue weighted by atomic mass is 16.5. The Kier molecular flexibility index (Phi) is 4.45. The van der Waals surface area contributed by atoms with Gasteiger partial charge in [0.25, 0.3) is 0 Å². The molecule has 0 radical (unpaired) electrons. The van der Waals surface area contributed by atoms with Gasteiger partial charge in [0.1, 0.15) is 0 Å². The zero-order chi connectivity index (χ0) is 12.4. The topological polar surface area (TPSA) is 24.5 Å². The summed E-state index contributed by atoms with van der Waals surface area (Å²) in [6.45, 7) is 10.3. The quantitative estimate of drug-likeness (QED) is 0.813. The second kappa shape index (κ2) is 5.68. The highest BCUT2D eigenvalue weighted by Crippen LogP contribution is 2.29. The molecule has 100 valence electrons. The molecule has 0 bridgehead atoms. The highest BCUT2D eigenvalue weighted by molar-refractivity contribution is 4.92. The fraction of sp³-hybridized carbons (Fsp3) is 1.00. The van der Waals surface area contributed by atoms with Crippen LogP contribution in [0.2, 0.25) is 0 Å². The Bertz CT molecular complexity index is 240. The Labute approximate surface area is 106 Å². The third-order valence-corrected chi connectivity index (χ3v) is 5.16. The third kappa shape index (κ3) is 2.67. The molecule has 0 aliphatic carbocycles. The molecule has 2 saturated heterocycles. The van der Waals surface area contributed by atoms with Crippen molar-refractivity contribution in [3.05, 3.63) is 0 Å². The summed E-state index contributed by atoms with van der Waals surface area (Å²) in [7, 11) is 2.10. The molecule has 5 unspecified atom stereocenters. The number of nitrogens with one attached hydrogen (secondary N) is 1. The van der Waals surface area contributed by atoms with Crippen LogP contribution in [0.5, 0.6) is 0 Å².